The number of aromatic nitrogens is 1. The van der Waals surface area contributed by atoms with Crippen LogP contribution in [0.5, 0.6) is 0 Å². The number of halogens is 1. The molecule has 3 heterocycles. The van der Waals surface area contributed by atoms with Gasteiger partial charge in [0, 0.05) is 37.0 Å². The third-order valence-corrected chi connectivity index (χ3v) is 6.04. The summed E-state index contributed by atoms with van der Waals surface area (Å²) in [6.45, 7) is 2.93. The van der Waals surface area contributed by atoms with E-state index in [0.29, 0.717) is 25.0 Å². The number of oxazole rings is 1. The number of nitrogens with one attached hydrogen (secondary N) is 1. The molecule has 0 radical (unpaired) electrons. The number of benzene rings is 1. The highest BCUT2D eigenvalue weighted by Crippen LogP contribution is 2.32. The highest BCUT2D eigenvalue weighted by atomic mass is 35.5. The summed E-state index contributed by atoms with van der Waals surface area (Å²) in [6.07, 6.45) is 3.77. The molecule has 150 valence electrons. The Morgan fingerprint density at radius 2 is 2.07 bits per heavy atom. The quantitative estimate of drug-likeness (QED) is 0.835. The number of fused-ring (bicyclic) bond motifs is 2. The molecule has 1 aromatic carbocycles. The lowest BCUT2D eigenvalue weighted by molar-refractivity contribution is -0.140. The number of hydrogen-bond acceptors (Lipinski definition) is 5. The molecule has 1 saturated carbocycles. The normalized spacial score (nSPS) is 26.7. The van der Waals surface area contributed by atoms with Crippen molar-refractivity contribution in [3.05, 3.63) is 41.8 Å². The molecule has 2 fully saturated rings. The lowest BCUT2D eigenvalue weighted by atomic mass is 9.82. The lowest BCUT2D eigenvalue weighted by Gasteiger charge is -2.40. The van der Waals surface area contributed by atoms with Crippen LogP contribution >= 0.6 is 12.4 Å². The van der Waals surface area contributed by atoms with Crippen LogP contribution in [0.4, 0.5) is 0 Å². The zero-order valence-corrected chi connectivity index (χ0v) is 16.6. The summed E-state index contributed by atoms with van der Waals surface area (Å²) in [5, 5.41) is 3.52. The van der Waals surface area contributed by atoms with Crippen LogP contribution in [-0.2, 0) is 22.5 Å². The van der Waals surface area contributed by atoms with E-state index in [2.05, 4.69) is 10.3 Å². The first-order valence-corrected chi connectivity index (χ1v) is 9.96. The van der Waals surface area contributed by atoms with Gasteiger partial charge in [0.1, 0.15) is 11.5 Å². The second-order valence-corrected chi connectivity index (χ2v) is 7.74. The summed E-state index contributed by atoms with van der Waals surface area (Å²) in [6, 6.07) is 10.3. The van der Waals surface area contributed by atoms with Gasteiger partial charge in [0.05, 0.1) is 19.3 Å². The first-order chi connectivity index (χ1) is 13.3. The molecule has 0 bridgehead atoms. The molecule has 0 unspecified atom stereocenters. The maximum absolute atomic E-state index is 13.1. The van der Waals surface area contributed by atoms with E-state index >= 15 is 0 Å². The van der Waals surface area contributed by atoms with Crippen molar-refractivity contribution in [2.75, 3.05) is 19.7 Å². The number of nitrogens with zero attached hydrogens (tertiary/aromatic N) is 2. The van der Waals surface area contributed by atoms with Crippen molar-refractivity contribution in [2.45, 2.75) is 44.4 Å². The van der Waals surface area contributed by atoms with Crippen molar-refractivity contribution < 1.29 is 13.9 Å². The predicted molar refractivity (Wildman–Crippen MR) is 107 cm³/mol. The molecular formula is C21H26ClN3O3. The van der Waals surface area contributed by atoms with Crippen molar-refractivity contribution in [3.8, 4) is 11.5 Å². The third-order valence-electron chi connectivity index (χ3n) is 6.04. The highest BCUT2D eigenvalue weighted by molar-refractivity contribution is 5.85. The van der Waals surface area contributed by atoms with Gasteiger partial charge >= 0.3 is 0 Å². The van der Waals surface area contributed by atoms with E-state index in [0.717, 1.165) is 55.9 Å². The summed E-state index contributed by atoms with van der Waals surface area (Å²) in [4.78, 5) is 19.8. The minimum absolute atomic E-state index is 0. The van der Waals surface area contributed by atoms with Gasteiger partial charge < -0.3 is 19.4 Å². The molecule has 28 heavy (non-hydrogen) atoms. The van der Waals surface area contributed by atoms with Gasteiger partial charge in [0.15, 0.2) is 0 Å². The minimum atomic E-state index is 0. The maximum atomic E-state index is 13.1. The number of carbonyl (C=O) groups excluding carboxylic acids is 1. The minimum Gasteiger partial charge on any atom is -0.441 e. The van der Waals surface area contributed by atoms with Gasteiger partial charge in [0.2, 0.25) is 11.8 Å². The lowest BCUT2D eigenvalue weighted by Crippen LogP contribution is -2.53. The Bertz CT molecular complexity index is 826. The van der Waals surface area contributed by atoms with E-state index in [4.69, 9.17) is 9.15 Å². The molecule has 6 nitrogen and oxygen atoms in total. The molecule has 1 amide bonds. The van der Waals surface area contributed by atoms with Gasteiger partial charge in [-0.25, -0.2) is 4.98 Å². The Balaban J connectivity index is 0.00000192. The van der Waals surface area contributed by atoms with Gasteiger partial charge in [-0.2, -0.15) is 0 Å². The summed E-state index contributed by atoms with van der Waals surface area (Å²) in [5.41, 5.74) is 1.88. The monoisotopic (exact) mass is 403 g/mol. The average molecular weight is 404 g/mol. The molecule has 5 rings (SSSR count). The van der Waals surface area contributed by atoms with Gasteiger partial charge in [-0.3, -0.25) is 4.79 Å². The maximum Gasteiger partial charge on any atom is 0.226 e. The molecule has 1 saturated heterocycles. The van der Waals surface area contributed by atoms with E-state index in [1.54, 1.807) is 0 Å². The van der Waals surface area contributed by atoms with Gasteiger partial charge in [-0.1, -0.05) is 18.2 Å². The van der Waals surface area contributed by atoms with E-state index in [-0.39, 0.29) is 30.3 Å². The predicted octanol–water partition coefficient (Wildman–Crippen LogP) is 2.81. The van der Waals surface area contributed by atoms with Crippen LogP contribution in [0.15, 0.2) is 34.7 Å². The highest BCUT2D eigenvalue weighted by Gasteiger charge is 2.38. The molecule has 2 aliphatic heterocycles. The van der Waals surface area contributed by atoms with Crippen molar-refractivity contribution in [1.29, 1.82) is 0 Å². The van der Waals surface area contributed by atoms with Crippen LogP contribution in [0, 0.1) is 5.92 Å². The SMILES string of the molecule is Cl.O=C([C@H]1CC[C@H]2OCCN[C@@H]2C1)N1CCc2oc(-c3ccccc3)nc2C1. The van der Waals surface area contributed by atoms with Crippen molar-refractivity contribution >= 4 is 18.3 Å². The zero-order chi connectivity index (χ0) is 18.2. The fourth-order valence-corrected chi connectivity index (χ4v) is 4.59. The first-order valence-electron chi connectivity index (χ1n) is 9.96. The van der Waals surface area contributed by atoms with E-state index < -0.39 is 0 Å². The first kappa shape index (κ1) is 19.4. The number of morpholine rings is 1. The Kier molecular flexibility index (Phi) is 5.71. The summed E-state index contributed by atoms with van der Waals surface area (Å²) >= 11 is 0. The number of ether oxygens (including phenoxy) is 1. The average Bonchev–Trinajstić information content (AvgIpc) is 3.17. The zero-order valence-electron chi connectivity index (χ0n) is 15.8. The number of amides is 1. The van der Waals surface area contributed by atoms with Crippen LogP contribution in [0.1, 0.15) is 30.7 Å². The van der Waals surface area contributed by atoms with Gasteiger partial charge in [0.25, 0.3) is 0 Å². The second-order valence-electron chi connectivity index (χ2n) is 7.74. The molecule has 1 aliphatic carbocycles. The third kappa shape index (κ3) is 3.69. The fourth-order valence-electron chi connectivity index (χ4n) is 4.59. The summed E-state index contributed by atoms with van der Waals surface area (Å²) < 4.78 is 11.8. The number of carbonyl (C=O) groups is 1. The Hall–Kier alpha value is -1.89. The van der Waals surface area contributed by atoms with Crippen molar-refractivity contribution in [1.82, 2.24) is 15.2 Å². The molecule has 7 heteroatoms. The van der Waals surface area contributed by atoms with E-state index in [1.165, 1.54) is 0 Å². The fraction of sp³-hybridized carbons (Fsp3) is 0.524. The number of rotatable bonds is 2. The van der Waals surface area contributed by atoms with E-state index in [1.807, 2.05) is 35.2 Å². The van der Waals surface area contributed by atoms with Crippen molar-refractivity contribution in [2.24, 2.45) is 5.92 Å². The number of hydrogen-bond donors (Lipinski definition) is 1. The largest absolute Gasteiger partial charge is 0.441 e. The topological polar surface area (TPSA) is 67.6 Å². The molecule has 0 spiro atoms. The summed E-state index contributed by atoms with van der Waals surface area (Å²) in [5.74, 6) is 1.92. The molecule has 1 aromatic heterocycles. The molecule has 2 aromatic rings. The van der Waals surface area contributed by atoms with Gasteiger partial charge in [-0.05, 0) is 31.4 Å². The molecule has 3 atom stereocenters. The standard InChI is InChI=1S/C21H25N3O3.ClH/c25-21(15-6-7-18-16(12-15)22-9-11-26-18)24-10-8-19-17(13-24)23-20(27-19)14-4-2-1-3-5-14;/h1-5,15-16,18,22H,6-13H2;1H/t15-,16+,18+;/m0./s1. The van der Waals surface area contributed by atoms with Gasteiger partial charge in [-0.15, -0.1) is 12.4 Å². The molecule has 1 N–H and O–H groups in total. The van der Waals surface area contributed by atoms with Crippen LogP contribution in [0.2, 0.25) is 0 Å². The Morgan fingerprint density at radius 3 is 2.93 bits per heavy atom. The molecular weight excluding hydrogens is 378 g/mol. The summed E-state index contributed by atoms with van der Waals surface area (Å²) in [7, 11) is 0. The smallest absolute Gasteiger partial charge is 0.226 e. The van der Waals surface area contributed by atoms with E-state index in [9.17, 15) is 4.79 Å². The van der Waals surface area contributed by atoms with Crippen LogP contribution in [0.3, 0.4) is 0 Å². The van der Waals surface area contributed by atoms with Crippen LogP contribution in [-0.4, -0.2) is 47.6 Å². The molecule has 3 aliphatic rings. The van der Waals surface area contributed by atoms with Crippen LogP contribution in [0.25, 0.3) is 11.5 Å². The Morgan fingerprint density at radius 1 is 1.21 bits per heavy atom. The van der Waals surface area contributed by atoms with Crippen molar-refractivity contribution in [3.63, 3.8) is 0 Å². The Labute approximate surface area is 171 Å². The second kappa shape index (κ2) is 8.23. The van der Waals surface area contributed by atoms with Crippen LogP contribution < -0.4 is 5.32 Å².